The third-order valence-electron chi connectivity index (χ3n) is 18.1. The van der Waals surface area contributed by atoms with E-state index >= 15 is 0 Å². The van der Waals surface area contributed by atoms with E-state index < -0.39 is 0 Å². The molecule has 0 atom stereocenters. The summed E-state index contributed by atoms with van der Waals surface area (Å²) in [6.45, 7) is 2.27. The molecule has 0 radical (unpaired) electrons. The Hall–Kier alpha value is -9.70. The number of anilines is 4. The van der Waals surface area contributed by atoms with Crippen LogP contribution >= 0.6 is 0 Å². The molecule has 6 aromatic heterocycles. The van der Waals surface area contributed by atoms with Crippen LogP contribution < -0.4 is 82.2 Å². The summed E-state index contributed by atoms with van der Waals surface area (Å²) in [6, 6.07) is 48.5. The van der Waals surface area contributed by atoms with Crippen LogP contribution in [0, 0.1) is 0 Å². The molecule has 0 fully saturated rings. The Bertz CT molecular complexity index is 4690. The summed E-state index contributed by atoms with van der Waals surface area (Å²) in [5.74, 6) is -1.03. The molecule has 0 unspecified atom stereocenters. The minimum absolute atomic E-state index is 0. The first-order chi connectivity index (χ1) is 47.9. The summed E-state index contributed by atoms with van der Waals surface area (Å²) >= 11 is 0. The number of rotatable bonds is 27. The average Bonchev–Trinajstić information content (AvgIpc) is 1.61. The number of pyridine rings is 3. The van der Waals surface area contributed by atoms with E-state index in [4.69, 9.17) is 19.9 Å². The number of fused-ring (bicyclic) bond motifs is 8. The second-order valence-corrected chi connectivity index (χ2v) is 25.5. The van der Waals surface area contributed by atoms with E-state index in [-0.39, 0.29) is 80.3 Å². The van der Waals surface area contributed by atoms with Gasteiger partial charge in [0.1, 0.15) is 21.1 Å². The molecule has 15 nitrogen and oxygen atoms in total. The van der Waals surface area contributed by atoms with Crippen LogP contribution in [-0.2, 0) is 45.4 Å². The monoisotopic (exact) mass is 1470 g/mol. The molecule has 518 valence electrons. The maximum absolute atomic E-state index is 13.8. The fraction of sp³-hybridized carbons (Fsp3) is 0.241. The van der Waals surface area contributed by atoms with Gasteiger partial charge in [0.25, 0.3) is 17.7 Å². The SMILES string of the molecule is CCCCCCCCCCCCCCCCCC(=O)Nc1ccc(C(=O)Nc2ccc(C(=O)Nc3ccc(C(=O)Nc4ccc(-c5c6nc(c(-c7cc[n+](C)cc7)c7ccc([n-]7)c(-c7cc[n+](C)cc7)c7nc(c(-c8cc[n+](C)cc8)c8ccc5[n-]8)C=C7)C=C6)cc4)cc3)cc2)cc1.[Cl-].[Cl-].[Cl-].[Zn+2]. The molecule has 0 saturated heterocycles. The van der Waals surface area contributed by atoms with Gasteiger partial charge in [0, 0.05) is 82.3 Å². The number of carbonyl (C=O) groups is 4. The molecule has 10 aromatic rings. The number of unbranched alkanes of at least 4 members (excludes halogenated alkanes) is 14. The first kappa shape index (κ1) is 78.0. The third kappa shape index (κ3) is 20.1. The van der Waals surface area contributed by atoms with Gasteiger partial charge in [-0.3, -0.25) is 19.2 Å². The van der Waals surface area contributed by atoms with Gasteiger partial charge in [-0.2, -0.15) is 0 Å². The van der Waals surface area contributed by atoms with Gasteiger partial charge >= 0.3 is 19.5 Å². The Labute approximate surface area is 628 Å². The Balaban J connectivity index is 0.00000330. The summed E-state index contributed by atoms with van der Waals surface area (Å²) < 4.78 is 6.02. The number of halogens is 3. The quantitative estimate of drug-likeness (QED) is 0.0227. The molecule has 2 aliphatic rings. The second-order valence-electron chi connectivity index (χ2n) is 25.5. The zero-order valence-electron chi connectivity index (χ0n) is 58.2. The maximum atomic E-state index is 13.8. The van der Waals surface area contributed by atoms with Crippen LogP contribution in [0.15, 0.2) is 195 Å². The molecule has 8 bridgehead atoms. The summed E-state index contributed by atoms with van der Waals surface area (Å²) in [5, 5.41) is 11.8. The number of hydrogen-bond donors (Lipinski definition) is 4. The van der Waals surface area contributed by atoms with Crippen molar-refractivity contribution in [1.82, 2.24) is 19.9 Å². The van der Waals surface area contributed by atoms with E-state index in [2.05, 4.69) is 88.9 Å². The van der Waals surface area contributed by atoms with E-state index in [1.54, 1.807) is 72.8 Å². The molecule has 19 heteroatoms. The van der Waals surface area contributed by atoms with Crippen LogP contribution in [0.4, 0.5) is 22.7 Å². The molecule has 4 aromatic carbocycles. The van der Waals surface area contributed by atoms with Gasteiger partial charge in [-0.25, -0.2) is 23.7 Å². The topological polar surface area (TPSA) is 182 Å². The molecule has 102 heavy (non-hydrogen) atoms. The number of aryl methyl sites for hydroxylation is 3. The minimum Gasteiger partial charge on any atom is -1.00 e. The standard InChI is InChI=1S/C83H83N11O4.3ClH.Zn/c1-5-6-7-8-9-10-11-12-13-14-15-16-17-18-19-20-76(95)84-64-31-23-61(24-32-64)81(96)86-66-35-27-63(28-36-66)83(98)87-67-33-25-62(26-34-67)82(97)85-65-29-21-57(22-30-65)77-68-37-39-70(88-68)78(58-45-51-92(2)52-46-58)72-41-43-74(90-72)80(60-49-55-94(4)56-50-60)75-44-42-73(91-75)79(71-40-38-69(77)89-71)59-47-53-93(3)54-48-59;;;;/h21-56H,5-20H2,1-4H3,(H3-2,84,85,86,87,88,89,90,91,95,96,97,98);3*1H;/q;;;;+2/p-2. The van der Waals surface area contributed by atoms with Crippen molar-refractivity contribution < 1.29 is 89.6 Å². The number of carbonyl (C=O) groups excluding carboxylic acids is 4. The molecular weight excluding hydrogens is 1390 g/mol. The van der Waals surface area contributed by atoms with Crippen LogP contribution in [-0.4, -0.2) is 33.6 Å². The maximum Gasteiger partial charge on any atom is 2.00 e. The van der Waals surface area contributed by atoms with Crippen molar-refractivity contribution in [3.05, 3.63) is 234 Å². The fourth-order valence-corrected chi connectivity index (χ4v) is 12.6. The van der Waals surface area contributed by atoms with Crippen molar-refractivity contribution in [2.24, 2.45) is 21.1 Å². The number of nitrogens with zero attached hydrogens (tertiary/aromatic N) is 7. The van der Waals surface area contributed by atoms with Crippen molar-refractivity contribution >= 4 is 92.7 Å². The van der Waals surface area contributed by atoms with E-state index in [1.807, 2.05) is 121 Å². The molecule has 2 aliphatic heterocycles. The number of aromatic nitrogens is 7. The van der Waals surface area contributed by atoms with Gasteiger partial charge in [0.15, 0.2) is 37.2 Å². The predicted octanol–water partition coefficient (Wildman–Crippen LogP) is 8.02. The van der Waals surface area contributed by atoms with Crippen molar-refractivity contribution in [1.29, 1.82) is 0 Å². The summed E-state index contributed by atoms with van der Waals surface area (Å²) in [5.41, 5.74) is 16.6. The van der Waals surface area contributed by atoms with Crippen molar-refractivity contribution in [3.8, 4) is 44.5 Å². The first-order valence-corrected chi connectivity index (χ1v) is 34.5. The Morgan fingerprint density at radius 3 is 0.853 bits per heavy atom. The molecule has 12 rings (SSSR count). The van der Waals surface area contributed by atoms with Gasteiger partial charge in [0.05, 0.1) is 22.8 Å². The first-order valence-electron chi connectivity index (χ1n) is 34.5. The molecular formula is C83H84Cl3N11O4Zn. The molecule has 0 saturated carbocycles. The minimum atomic E-state index is -0.357. The van der Waals surface area contributed by atoms with Crippen LogP contribution in [0.2, 0.25) is 0 Å². The smallest absolute Gasteiger partial charge is 1.00 e. The molecule has 4 N–H and O–H groups in total. The van der Waals surface area contributed by atoms with Crippen molar-refractivity contribution in [2.75, 3.05) is 21.3 Å². The second kappa shape index (κ2) is 37.8. The van der Waals surface area contributed by atoms with Crippen molar-refractivity contribution in [2.45, 2.75) is 110 Å². The third-order valence-corrected chi connectivity index (χ3v) is 18.1. The normalized spacial score (nSPS) is 11.1. The molecule has 0 spiro atoms. The van der Waals surface area contributed by atoms with E-state index in [1.165, 1.54) is 77.0 Å². The Morgan fingerprint density at radius 1 is 0.324 bits per heavy atom. The zero-order valence-corrected chi connectivity index (χ0v) is 63.4. The van der Waals surface area contributed by atoms with Crippen LogP contribution in [0.5, 0.6) is 0 Å². The van der Waals surface area contributed by atoms with Crippen LogP contribution in [0.25, 0.3) is 90.9 Å². The summed E-state index contributed by atoms with van der Waals surface area (Å²) in [4.78, 5) is 74.8. The van der Waals surface area contributed by atoms with E-state index in [0.29, 0.717) is 57.1 Å². The molecule has 8 heterocycles. The van der Waals surface area contributed by atoms with Crippen molar-refractivity contribution in [3.63, 3.8) is 0 Å². The van der Waals surface area contributed by atoms with Gasteiger partial charge < -0.3 is 68.5 Å². The van der Waals surface area contributed by atoms with Gasteiger partial charge in [0.2, 0.25) is 5.91 Å². The molecule has 0 aliphatic carbocycles. The fourth-order valence-electron chi connectivity index (χ4n) is 12.6. The van der Waals surface area contributed by atoms with Crippen LogP contribution in [0.3, 0.4) is 0 Å². The number of hydrogen-bond acceptors (Lipinski definition) is 6. The Morgan fingerprint density at radius 2 is 0.569 bits per heavy atom. The average molecular weight is 1470 g/mol. The Kier molecular flexibility index (Phi) is 28.9. The van der Waals surface area contributed by atoms with E-state index in [0.717, 1.165) is 97.4 Å². The largest absolute Gasteiger partial charge is 2.00 e. The predicted molar refractivity (Wildman–Crippen MR) is 393 cm³/mol. The van der Waals surface area contributed by atoms with E-state index in [9.17, 15) is 19.2 Å². The number of benzene rings is 4. The van der Waals surface area contributed by atoms with Gasteiger partial charge in [-0.15, -0.1) is 22.1 Å². The van der Waals surface area contributed by atoms with Gasteiger partial charge in [-0.05, 0) is 160 Å². The summed E-state index contributed by atoms with van der Waals surface area (Å²) in [7, 11) is 6.00. The van der Waals surface area contributed by atoms with Gasteiger partial charge in [-0.1, -0.05) is 133 Å². The number of nitrogens with one attached hydrogen (secondary N) is 4. The van der Waals surface area contributed by atoms with Crippen LogP contribution in [0.1, 0.15) is 164 Å². The number of amides is 4. The molecule has 4 amide bonds. The zero-order chi connectivity index (χ0) is 67.7. The summed E-state index contributed by atoms with van der Waals surface area (Å²) in [6.07, 6.45) is 40.0.